The smallest absolute Gasteiger partial charge is 0.223 e. The number of halogens is 1. The SMILES string of the molecule is CCC(Oc1nc(C(C)Nc2ccnc3ccccc23)cc2cccc(Cl)c12)C1CCN(S(C)(=O)=O)CC1. The van der Waals surface area contributed by atoms with Gasteiger partial charge in [-0.1, -0.05) is 48.9 Å². The second kappa shape index (κ2) is 11.0. The van der Waals surface area contributed by atoms with Crippen LogP contribution in [0.1, 0.15) is 44.8 Å². The maximum Gasteiger partial charge on any atom is 0.223 e. The van der Waals surface area contributed by atoms with Gasteiger partial charge in [0.05, 0.1) is 33.9 Å². The molecule has 38 heavy (non-hydrogen) atoms. The Morgan fingerprint density at radius 2 is 1.89 bits per heavy atom. The molecule has 1 N–H and O–H groups in total. The number of fused-ring (bicyclic) bond motifs is 2. The van der Waals surface area contributed by atoms with Gasteiger partial charge in [-0.15, -0.1) is 0 Å². The van der Waals surface area contributed by atoms with E-state index in [4.69, 9.17) is 21.3 Å². The molecule has 2 unspecified atom stereocenters. The highest BCUT2D eigenvalue weighted by atomic mass is 35.5. The molecule has 0 amide bonds. The first kappa shape index (κ1) is 26.7. The normalized spacial score (nSPS) is 16.9. The molecule has 1 saturated heterocycles. The van der Waals surface area contributed by atoms with Gasteiger partial charge in [0.15, 0.2) is 0 Å². The molecule has 5 rings (SSSR count). The first-order valence-corrected chi connectivity index (χ1v) is 15.3. The molecule has 0 spiro atoms. The Bertz CT molecular complexity index is 1550. The first-order chi connectivity index (χ1) is 18.2. The van der Waals surface area contributed by atoms with E-state index in [1.807, 2.05) is 42.5 Å². The Morgan fingerprint density at radius 1 is 1.13 bits per heavy atom. The van der Waals surface area contributed by atoms with Crippen LogP contribution in [0.5, 0.6) is 5.88 Å². The van der Waals surface area contributed by atoms with Gasteiger partial charge < -0.3 is 10.1 Å². The number of nitrogens with one attached hydrogen (secondary N) is 1. The molecule has 1 aliphatic heterocycles. The third-order valence-corrected chi connectivity index (χ3v) is 9.04. The van der Waals surface area contributed by atoms with E-state index in [0.717, 1.165) is 52.3 Å². The van der Waals surface area contributed by atoms with E-state index >= 15 is 0 Å². The average Bonchev–Trinajstić information content (AvgIpc) is 2.91. The number of piperidine rings is 1. The van der Waals surface area contributed by atoms with Gasteiger partial charge in [0.25, 0.3) is 0 Å². The van der Waals surface area contributed by atoms with Crippen LogP contribution < -0.4 is 10.1 Å². The predicted molar refractivity (Wildman–Crippen MR) is 154 cm³/mol. The zero-order valence-corrected chi connectivity index (χ0v) is 23.5. The summed E-state index contributed by atoms with van der Waals surface area (Å²) in [4.78, 5) is 9.45. The number of benzene rings is 2. The monoisotopic (exact) mass is 552 g/mol. The van der Waals surface area contributed by atoms with E-state index in [-0.39, 0.29) is 18.1 Å². The topological polar surface area (TPSA) is 84.4 Å². The van der Waals surface area contributed by atoms with Crippen molar-refractivity contribution in [3.8, 4) is 5.88 Å². The molecule has 7 nitrogen and oxygen atoms in total. The van der Waals surface area contributed by atoms with Crippen LogP contribution in [0.2, 0.25) is 5.02 Å². The third-order valence-electron chi connectivity index (χ3n) is 7.42. The maximum atomic E-state index is 12.0. The number of rotatable bonds is 8. The lowest BCUT2D eigenvalue weighted by molar-refractivity contribution is 0.0912. The standard InChI is InChI=1S/C29H33ClN4O3S/c1-4-27(20-13-16-34(17-14-20)38(3,35)36)37-29-28-21(8-7-10-23(28)30)18-26(33-29)19(2)32-25-12-15-31-24-11-6-5-9-22(24)25/h5-12,15,18-20,27H,4,13-14,16-17H2,1-3H3,(H,31,32). The van der Waals surface area contributed by atoms with E-state index in [9.17, 15) is 8.42 Å². The largest absolute Gasteiger partial charge is 0.474 e. The summed E-state index contributed by atoms with van der Waals surface area (Å²) in [5.74, 6) is 0.758. The molecular formula is C29H33ClN4O3S. The van der Waals surface area contributed by atoms with Crippen LogP contribution >= 0.6 is 11.6 Å². The number of aromatic nitrogens is 2. The Kier molecular flexibility index (Phi) is 7.75. The maximum absolute atomic E-state index is 12.0. The van der Waals surface area contributed by atoms with E-state index in [1.165, 1.54) is 6.26 Å². The second-order valence-corrected chi connectivity index (χ2v) is 12.4. The summed E-state index contributed by atoms with van der Waals surface area (Å²) in [6.45, 7) is 5.20. The lowest BCUT2D eigenvalue weighted by atomic mass is 9.90. The summed E-state index contributed by atoms with van der Waals surface area (Å²) in [6.07, 6.45) is 5.28. The van der Waals surface area contributed by atoms with Crippen LogP contribution in [-0.4, -0.2) is 48.1 Å². The summed E-state index contributed by atoms with van der Waals surface area (Å²) in [5.41, 5.74) is 2.76. The quantitative estimate of drug-likeness (QED) is 0.271. The van der Waals surface area contributed by atoms with Gasteiger partial charge in [0.2, 0.25) is 15.9 Å². The van der Waals surface area contributed by atoms with E-state index in [1.54, 1.807) is 10.5 Å². The van der Waals surface area contributed by atoms with Gasteiger partial charge in [-0.2, -0.15) is 0 Å². The summed E-state index contributed by atoms with van der Waals surface area (Å²) in [7, 11) is -3.18. The number of sulfonamides is 1. The number of pyridine rings is 2. The van der Waals surface area contributed by atoms with Crippen LogP contribution in [0, 0.1) is 5.92 Å². The fourth-order valence-electron chi connectivity index (χ4n) is 5.32. The highest BCUT2D eigenvalue weighted by Crippen LogP contribution is 2.36. The van der Waals surface area contributed by atoms with Crippen LogP contribution in [0.15, 0.2) is 60.8 Å². The predicted octanol–water partition coefficient (Wildman–Crippen LogP) is 6.44. The zero-order chi connectivity index (χ0) is 26.9. The summed E-state index contributed by atoms with van der Waals surface area (Å²) < 4.78 is 32.1. The van der Waals surface area contributed by atoms with Crippen molar-refractivity contribution < 1.29 is 13.2 Å². The van der Waals surface area contributed by atoms with Crippen molar-refractivity contribution in [2.45, 2.75) is 45.3 Å². The van der Waals surface area contributed by atoms with Gasteiger partial charge in [-0.05, 0) is 61.8 Å². The minimum atomic E-state index is -3.18. The Balaban J connectivity index is 1.44. The first-order valence-electron chi connectivity index (χ1n) is 13.1. The van der Waals surface area contributed by atoms with Crippen LogP contribution in [0.25, 0.3) is 21.7 Å². The molecule has 2 atom stereocenters. The lowest BCUT2D eigenvalue weighted by Gasteiger charge is -2.34. The molecule has 200 valence electrons. The van der Waals surface area contributed by atoms with Crippen molar-refractivity contribution >= 4 is 49.0 Å². The number of para-hydroxylation sites is 1. The van der Waals surface area contributed by atoms with Gasteiger partial charge in [-0.3, -0.25) is 4.98 Å². The summed E-state index contributed by atoms with van der Waals surface area (Å²) in [5, 5.41) is 7.01. The molecule has 1 aliphatic rings. The molecule has 4 aromatic rings. The van der Waals surface area contributed by atoms with E-state index < -0.39 is 10.0 Å². The van der Waals surface area contributed by atoms with Crippen molar-refractivity contribution in [2.24, 2.45) is 5.92 Å². The summed E-state index contributed by atoms with van der Waals surface area (Å²) in [6, 6.07) is 17.8. The molecule has 0 aliphatic carbocycles. The molecule has 0 radical (unpaired) electrons. The fraction of sp³-hybridized carbons (Fsp3) is 0.379. The van der Waals surface area contributed by atoms with Gasteiger partial charge in [0.1, 0.15) is 6.10 Å². The van der Waals surface area contributed by atoms with Crippen molar-refractivity contribution in [2.75, 3.05) is 24.7 Å². The molecule has 3 heterocycles. The van der Waals surface area contributed by atoms with Crippen LogP contribution in [0.4, 0.5) is 5.69 Å². The van der Waals surface area contributed by atoms with Crippen molar-refractivity contribution in [1.29, 1.82) is 0 Å². The molecule has 0 saturated carbocycles. The van der Waals surface area contributed by atoms with Crippen LogP contribution in [0.3, 0.4) is 0 Å². The second-order valence-electron chi connectivity index (χ2n) is 10.00. The fourth-order valence-corrected chi connectivity index (χ4v) is 6.46. The third kappa shape index (κ3) is 5.58. The number of hydrogen-bond donors (Lipinski definition) is 1. The Morgan fingerprint density at radius 3 is 2.63 bits per heavy atom. The highest BCUT2D eigenvalue weighted by Gasteiger charge is 2.31. The molecule has 1 fully saturated rings. The minimum Gasteiger partial charge on any atom is -0.474 e. The number of hydrogen-bond acceptors (Lipinski definition) is 6. The zero-order valence-electron chi connectivity index (χ0n) is 21.9. The van der Waals surface area contributed by atoms with Gasteiger partial charge in [-0.25, -0.2) is 17.7 Å². The van der Waals surface area contributed by atoms with Crippen molar-refractivity contribution in [1.82, 2.24) is 14.3 Å². The molecular weight excluding hydrogens is 520 g/mol. The molecule has 0 bridgehead atoms. The summed E-state index contributed by atoms with van der Waals surface area (Å²) >= 11 is 6.66. The minimum absolute atomic E-state index is 0.0914. The van der Waals surface area contributed by atoms with Gasteiger partial charge in [0, 0.05) is 30.4 Å². The number of ether oxygens (including phenoxy) is 1. The van der Waals surface area contributed by atoms with E-state index in [2.05, 4.69) is 36.3 Å². The Hall–Kier alpha value is -2.94. The Labute approximate surface area is 229 Å². The number of nitrogens with zero attached hydrogens (tertiary/aromatic N) is 3. The van der Waals surface area contributed by atoms with Crippen LogP contribution in [-0.2, 0) is 10.0 Å². The molecule has 2 aromatic carbocycles. The molecule has 9 heteroatoms. The van der Waals surface area contributed by atoms with E-state index in [0.29, 0.717) is 24.0 Å². The van der Waals surface area contributed by atoms with Gasteiger partial charge >= 0.3 is 0 Å². The average molecular weight is 553 g/mol. The van der Waals surface area contributed by atoms with Crippen molar-refractivity contribution in [3.05, 3.63) is 71.5 Å². The highest BCUT2D eigenvalue weighted by molar-refractivity contribution is 7.88. The number of anilines is 1. The lowest BCUT2D eigenvalue weighted by Crippen LogP contribution is -2.42. The van der Waals surface area contributed by atoms with Crippen molar-refractivity contribution in [3.63, 3.8) is 0 Å². The molecule has 2 aromatic heterocycles.